The van der Waals surface area contributed by atoms with E-state index < -0.39 is 0 Å². The molecule has 1 aromatic heterocycles. The van der Waals surface area contributed by atoms with Crippen molar-refractivity contribution in [1.82, 2.24) is 36.5 Å². The molecule has 4 N–H and O–H groups in total. The summed E-state index contributed by atoms with van der Waals surface area (Å²) < 4.78 is 5.49. The van der Waals surface area contributed by atoms with Gasteiger partial charge in [0, 0.05) is 36.1 Å². The Bertz CT molecular complexity index is 983. The average Bonchev–Trinajstić information content (AvgIpc) is 3.16. The minimum absolute atomic E-state index is 0.470. The van der Waals surface area contributed by atoms with Crippen LogP contribution in [0.3, 0.4) is 0 Å². The Morgan fingerprint density at radius 3 is 2.93 bits per heavy atom. The number of hydrogen-bond donors (Lipinski definition) is 4. The molecule has 0 atom stereocenters. The van der Waals surface area contributed by atoms with Gasteiger partial charge < -0.3 is 20.1 Å². The van der Waals surface area contributed by atoms with E-state index in [-0.39, 0.29) is 0 Å². The third-order valence-corrected chi connectivity index (χ3v) is 5.89. The zero-order valence-corrected chi connectivity index (χ0v) is 17.1. The Balaban J connectivity index is 1.38. The maximum atomic E-state index is 6.38. The van der Waals surface area contributed by atoms with Crippen molar-refractivity contribution in [1.29, 1.82) is 0 Å². The minimum atomic E-state index is 0.470. The number of nitrogens with one attached hydrogen (secondary N) is 4. The fourth-order valence-corrected chi connectivity index (χ4v) is 3.98. The van der Waals surface area contributed by atoms with Crippen molar-refractivity contribution in [2.75, 3.05) is 26.2 Å². The van der Waals surface area contributed by atoms with Crippen molar-refractivity contribution in [2.24, 2.45) is 5.92 Å². The third kappa shape index (κ3) is 3.88. The zero-order chi connectivity index (χ0) is 19.8. The van der Waals surface area contributed by atoms with Gasteiger partial charge in [0.05, 0.1) is 5.70 Å². The van der Waals surface area contributed by atoms with Crippen molar-refractivity contribution in [3.05, 3.63) is 63.1 Å². The van der Waals surface area contributed by atoms with Crippen LogP contribution in [0.25, 0.3) is 5.70 Å². The summed E-state index contributed by atoms with van der Waals surface area (Å²) in [4.78, 5) is 6.80. The topological polar surface area (TPSA) is 90.3 Å². The van der Waals surface area contributed by atoms with Crippen molar-refractivity contribution in [3.8, 4) is 0 Å². The van der Waals surface area contributed by atoms with Gasteiger partial charge in [-0.05, 0) is 48.8 Å². The number of nitrogens with zero attached hydrogens (tertiary/aromatic N) is 3. The molecule has 152 valence electrons. The molecule has 0 bridgehead atoms. The minimum Gasteiger partial charge on any atom is -0.367 e. The lowest BCUT2D eigenvalue weighted by Gasteiger charge is -2.36. The smallest absolute Gasteiger partial charge is 0.275 e. The summed E-state index contributed by atoms with van der Waals surface area (Å²) >= 11 is 12.5. The number of benzene rings is 1. The van der Waals surface area contributed by atoms with Gasteiger partial charge >= 0.3 is 0 Å². The molecule has 29 heavy (non-hydrogen) atoms. The first-order valence-electron chi connectivity index (χ1n) is 9.60. The molecule has 4 heterocycles. The Hall–Kier alpha value is -2.42. The van der Waals surface area contributed by atoms with E-state index in [9.17, 15) is 0 Å². The van der Waals surface area contributed by atoms with Gasteiger partial charge in [-0.15, -0.1) is 0 Å². The van der Waals surface area contributed by atoms with Crippen LogP contribution in [0.5, 0.6) is 0 Å². The molecule has 0 spiro atoms. The second-order valence-corrected chi connectivity index (χ2v) is 8.24. The highest BCUT2D eigenvalue weighted by molar-refractivity contribution is 6.33. The molecule has 5 rings (SSSR count). The molecule has 10 heteroatoms. The summed E-state index contributed by atoms with van der Waals surface area (Å²) in [5.41, 5.74) is 9.06. The molecule has 2 aromatic rings. The summed E-state index contributed by atoms with van der Waals surface area (Å²) in [5.74, 6) is 2.69. The molecule has 0 radical (unpaired) electrons. The first-order chi connectivity index (χ1) is 14.2. The molecule has 1 fully saturated rings. The fourth-order valence-electron chi connectivity index (χ4n) is 3.61. The van der Waals surface area contributed by atoms with Crippen molar-refractivity contribution >= 4 is 28.9 Å². The number of allylic oxidation sites excluding steroid dienone is 1. The van der Waals surface area contributed by atoms with Gasteiger partial charge in [-0.3, -0.25) is 10.9 Å². The lowest BCUT2D eigenvalue weighted by molar-refractivity contribution is 0.308. The predicted octanol–water partition coefficient (Wildman–Crippen LogP) is 1.86. The Morgan fingerprint density at radius 2 is 2.10 bits per heavy atom. The summed E-state index contributed by atoms with van der Waals surface area (Å²) in [6, 6.07) is 5.54. The van der Waals surface area contributed by atoms with Crippen LogP contribution in [-0.4, -0.2) is 41.2 Å². The van der Waals surface area contributed by atoms with Gasteiger partial charge in [0.15, 0.2) is 5.82 Å². The molecule has 0 unspecified atom stereocenters. The van der Waals surface area contributed by atoms with Crippen LogP contribution in [0.15, 0.2) is 40.3 Å². The highest BCUT2D eigenvalue weighted by Crippen LogP contribution is 2.27. The maximum Gasteiger partial charge on any atom is 0.275 e. The van der Waals surface area contributed by atoms with Crippen molar-refractivity contribution in [3.63, 3.8) is 0 Å². The Morgan fingerprint density at radius 1 is 1.21 bits per heavy atom. The van der Waals surface area contributed by atoms with Crippen LogP contribution in [0, 0.1) is 5.92 Å². The highest BCUT2D eigenvalue weighted by atomic mass is 35.5. The van der Waals surface area contributed by atoms with Gasteiger partial charge in [-0.1, -0.05) is 28.4 Å². The van der Waals surface area contributed by atoms with Crippen LogP contribution in [0.4, 0.5) is 0 Å². The quantitative estimate of drug-likeness (QED) is 0.567. The lowest BCUT2D eigenvalue weighted by atomic mass is 9.99. The summed E-state index contributed by atoms with van der Waals surface area (Å²) in [6.07, 6.45) is 2.84. The summed E-state index contributed by atoms with van der Waals surface area (Å²) in [6.45, 7) is 4.31. The molecule has 0 saturated carbocycles. The van der Waals surface area contributed by atoms with Crippen LogP contribution in [-0.2, 0) is 13.0 Å². The van der Waals surface area contributed by atoms with Gasteiger partial charge in [0.2, 0.25) is 0 Å². The molecule has 3 aliphatic heterocycles. The normalized spacial score (nSPS) is 19.0. The molecule has 0 amide bonds. The summed E-state index contributed by atoms with van der Waals surface area (Å²) in [5, 5.41) is 12.1. The summed E-state index contributed by atoms with van der Waals surface area (Å²) in [7, 11) is 0. The van der Waals surface area contributed by atoms with E-state index in [0.717, 1.165) is 61.2 Å². The van der Waals surface area contributed by atoms with Crippen LogP contribution < -0.4 is 21.5 Å². The number of rotatable bonds is 5. The number of hydrazine groups is 1. The molecule has 0 aliphatic carbocycles. The highest BCUT2D eigenvalue weighted by Gasteiger charge is 2.26. The molecule has 1 aromatic carbocycles. The predicted molar refractivity (Wildman–Crippen MR) is 111 cm³/mol. The third-order valence-electron chi connectivity index (χ3n) is 5.29. The van der Waals surface area contributed by atoms with Crippen LogP contribution in [0.1, 0.15) is 17.3 Å². The Kier molecular flexibility index (Phi) is 4.99. The van der Waals surface area contributed by atoms with Gasteiger partial charge in [-0.2, -0.15) is 4.98 Å². The largest absolute Gasteiger partial charge is 0.367 e. The molecular weight excluding hydrogens is 413 g/mol. The Labute approximate surface area is 178 Å². The van der Waals surface area contributed by atoms with E-state index in [1.54, 1.807) is 6.07 Å². The number of hydrogen-bond acceptors (Lipinski definition) is 8. The number of aromatic nitrogens is 2. The second-order valence-electron chi connectivity index (χ2n) is 7.40. The fraction of sp³-hybridized carbons (Fsp3) is 0.368. The molecular formula is C19H21Cl2N7O. The lowest BCUT2D eigenvalue weighted by Crippen LogP contribution is -2.48. The van der Waals surface area contributed by atoms with Gasteiger partial charge in [0.1, 0.15) is 11.5 Å². The van der Waals surface area contributed by atoms with Gasteiger partial charge in [-0.25, -0.2) is 0 Å². The van der Waals surface area contributed by atoms with Crippen LogP contribution in [0.2, 0.25) is 10.0 Å². The zero-order valence-electron chi connectivity index (χ0n) is 15.6. The average molecular weight is 434 g/mol. The van der Waals surface area contributed by atoms with E-state index in [4.69, 9.17) is 27.7 Å². The van der Waals surface area contributed by atoms with E-state index in [0.29, 0.717) is 28.4 Å². The van der Waals surface area contributed by atoms with Crippen molar-refractivity contribution < 1.29 is 4.52 Å². The SMILES string of the molecule is Clc1ccc(Cl)c(CN2CCNC3=C2C=C(c2nc(CC4CNC4)no2)NN3)c1. The van der Waals surface area contributed by atoms with E-state index in [1.807, 2.05) is 18.2 Å². The first kappa shape index (κ1) is 18.6. The van der Waals surface area contributed by atoms with E-state index >= 15 is 0 Å². The van der Waals surface area contributed by atoms with E-state index in [1.165, 1.54) is 0 Å². The first-order valence-corrected chi connectivity index (χ1v) is 10.4. The molecule has 1 saturated heterocycles. The molecule has 8 nitrogen and oxygen atoms in total. The number of halogens is 2. The van der Waals surface area contributed by atoms with E-state index in [2.05, 4.69) is 36.5 Å². The van der Waals surface area contributed by atoms with Gasteiger partial charge in [0.25, 0.3) is 5.89 Å². The monoisotopic (exact) mass is 433 g/mol. The maximum absolute atomic E-state index is 6.38. The van der Waals surface area contributed by atoms with Crippen LogP contribution >= 0.6 is 23.2 Å². The second kappa shape index (κ2) is 7.78. The standard InChI is InChI=1S/C19H21Cl2N7O/c20-13-1-2-14(21)12(6-13)10-28-4-3-23-18-16(28)7-15(25-26-18)19-24-17(27-29-19)5-11-8-22-9-11/h1-2,6-7,11,22-23,25-26H,3-5,8-10H2. The molecule has 3 aliphatic rings. The van der Waals surface area contributed by atoms with Crippen molar-refractivity contribution in [2.45, 2.75) is 13.0 Å².